The van der Waals surface area contributed by atoms with Crippen LogP contribution < -0.4 is 15.9 Å². The summed E-state index contributed by atoms with van der Waals surface area (Å²) < 4.78 is 0. The maximum atomic E-state index is 2.39. The highest BCUT2D eigenvalue weighted by atomic mass is 31.2. The number of hydrogen-bond donors (Lipinski definition) is 0. The predicted octanol–water partition coefficient (Wildman–Crippen LogP) is 6.06. The predicted molar refractivity (Wildman–Crippen MR) is 127 cm³/mol. The van der Waals surface area contributed by atoms with E-state index < -0.39 is 7.26 Å². The molecular formula is C28H26P+. The normalized spacial score (nSPS) is 16.2. The van der Waals surface area contributed by atoms with E-state index in [1.54, 1.807) is 5.56 Å². The van der Waals surface area contributed by atoms with Crippen LogP contribution in [0.1, 0.15) is 29.6 Å². The van der Waals surface area contributed by atoms with Gasteiger partial charge in [-0.25, -0.2) is 0 Å². The van der Waals surface area contributed by atoms with E-state index in [1.165, 1.54) is 40.7 Å². The maximum Gasteiger partial charge on any atom is 0.119 e. The molecular weight excluding hydrogens is 367 g/mol. The molecule has 5 rings (SSSR count). The van der Waals surface area contributed by atoms with Gasteiger partial charge in [-0.3, -0.25) is 0 Å². The van der Waals surface area contributed by atoms with Crippen LogP contribution in [0.4, 0.5) is 0 Å². The smallest absolute Gasteiger partial charge is 0.0620 e. The minimum absolute atomic E-state index is 0.514. The molecule has 1 aliphatic carbocycles. The molecule has 4 aromatic carbocycles. The van der Waals surface area contributed by atoms with Gasteiger partial charge in [-0.1, -0.05) is 78.9 Å². The second kappa shape index (κ2) is 7.97. The lowest BCUT2D eigenvalue weighted by atomic mass is 9.91. The fourth-order valence-electron chi connectivity index (χ4n) is 5.11. The Kier molecular flexibility index (Phi) is 5.04. The largest absolute Gasteiger partial charge is 0.119 e. The van der Waals surface area contributed by atoms with Gasteiger partial charge in [0, 0.05) is 0 Å². The maximum absolute atomic E-state index is 2.39. The molecule has 0 amide bonds. The zero-order valence-electron chi connectivity index (χ0n) is 16.6. The molecule has 0 aliphatic heterocycles. The van der Waals surface area contributed by atoms with Crippen LogP contribution in [0.2, 0.25) is 0 Å². The summed E-state index contributed by atoms with van der Waals surface area (Å²) in [4.78, 5) is 0. The molecule has 29 heavy (non-hydrogen) atoms. The van der Waals surface area contributed by atoms with Gasteiger partial charge in [0.2, 0.25) is 0 Å². The van der Waals surface area contributed by atoms with Gasteiger partial charge in [0.1, 0.15) is 28.8 Å². The first kappa shape index (κ1) is 18.3. The Bertz CT molecular complexity index is 974. The monoisotopic (exact) mass is 393 g/mol. The zero-order chi connectivity index (χ0) is 19.5. The number of benzene rings is 4. The third kappa shape index (κ3) is 3.13. The molecule has 0 nitrogen and oxygen atoms in total. The third-order valence-corrected chi connectivity index (χ3v) is 11.1. The summed E-state index contributed by atoms with van der Waals surface area (Å²) >= 11 is 0. The SMILES string of the molecule is c1ccc([P+](c2ccccc2)(c2ccccc2)C2CCCc3ccccc32)cc1. The third-order valence-electron chi connectivity index (χ3n) is 6.30. The van der Waals surface area contributed by atoms with Gasteiger partial charge in [0.15, 0.2) is 0 Å². The number of rotatable bonds is 4. The summed E-state index contributed by atoms with van der Waals surface area (Å²) in [5.74, 6) is 0. The first-order valence-electron chi connectivity index (χ1n) is 10.5. The summed E-state index contributed by atoms with van der Waals surface area (Å²) in [7, 11) is -1.86. The molecule has 1 aliphatic rings. The number of hydrogen-bond acceptors (Lipinski definition) is 0. The second-order valence-electron chi connectivity index (χ2n) is 7.84. The van der Waals surface area contributed by atoms with Crippen LogP contribution in [0, 0.1) is 0 Å². The van der Waals surface area contributed by atoms with E-state index >= 15 is 0 Å². The van der Waals surface area contributed by atoms with E-state index in [0.717, 1.165) is 0 Å². The van der Waals surface area contributed by atoms with E-state index in [2.05, 4.69) is 115 Å². The van der Waals surface area contributed by atoms with Crippen molar-refractivity contribution in [3.05, 3.63) is 126 Å². The quantitative estimate of drug-likeness (QED) is 0.370. The van der Waals surface area contributed by atoms with Crippen molar-refractivity contribution in [3.8, 4) is 0 Å². The summed E-state index contributed by atoms with van der Waals surface area (Å²) in [6.07, 6.45) is 3.70. The van der Waals surface area contributed by atoms with E-state index in [4.69, 9.17) is 0 Å². The fourth-order valence-corrected chi connectivity index (χ4v) is 10.2. The minimum atomic E-state index is -1.86. The van der Waals surface area contributed by atoms with Crippen LogP contribution in [0.3, 0.4) is 0 Å². The molecule has 0 N–H and O–H groups in total. The average Bonchev–Trinajstić information content (AvgIpc) is 2.82. The molecule has 1 unspecified atom stereocenters. The topological polar surface area (TPSA) is 0 Å². The average molecular weight is 393 g/mol. The van der Waals surface area contributed by atoms with E-state index in [9.17, 15) is 0 Å². The Balaban J connectivity index is 1.87. The van der Waals surface area contributed by atoms with Gasteiger partial charge >= 0.3 is 0 Å². The van der Waals surface area contributed by atoms with Crippen molar-refractivity contribution in [1.29, 1.82) is 0 Å². The molecule has 4 aromatic rings. The Hall–Kier alpha value is -2.69. The minimum Gasteiger partial charge on any atom is -0.0620 e. The Morgan fingerprint density at radius 1 is 0.517 bits per heavy atom. The number of fused-ring (bicyclic) bond motifs is 1. The van der Waals surface area contributed by atoms with Gasteiger partial charge in [-0.15, -0.1) is 0 Å². The van der Waals surface area contributed by atoms with Gasteiger partial charge < -0.3 is 0 Å². The van der Waals surface area contributed by atoms with Gasteiger partial charge in [-0.2, -0.15) is 0 Å². The van der Waals surface area contributed by atoms with Crippen LogP contribution in [-0.4, -0.2) is 0 Å². The lowest BCUT2D eigenvalue weighted by molar-refractivity contribution is 0.667. The van der Waals surface area contributed by atoms with E-state index in [0.29, 0.717) is 5.66 Å². The van der Waals surface area contributed by atoms with Crippen molar-refractivity contribution < 1.29 is 0 Å². The lowest BCUT2D eigenvalue weighted by Crippen LogP contribution is -2.36. The molecule has 142 valence electrons. The highest BCUT2D eigenvalue weighted by molar-refractivity contribution is 7.96. The van der Waals surface area contributed by atoms with Crippen molar-refractivity contribution >= 4 is 23.2 Å². The number of aryl methyl sites for hydroxylation is 1. The second-order valence-corrected chi connectivity index (χ2v) is 11.5. The van der Waals surface area contributed by atoms with Gasteiger partial charge in [-0.05, 0) is 66.8 Å². The Morgan fingerprint density at radius 3 is 1.48 bits per heavy atom. The van der Waals surface area contributed by atoms with E-state index in [-0.39, 0.29) is 0 Å². The Morgan fingerprint density at radius 2 is 0.966 bits per heavy atom. The molecule has 0 saturated carbocycles. The van der Waals surface area contributed by atoms with Crippen molar-refractivity contribution in [3.63, 3.8) is 0 Å². The van der Waals surface area contributed by atoms with Crippen molar-refractivity contribution in [2.45, 2.75) is 24.9 Å². The molecule has 0 aromatic heterocycles. The Labute approximate surface area is 174 Å². The van der Waals surface area contributed by atoms with Crippen LogP contribution in [0.15, 0.2) is 115 Å². The highest BCUT2D eigenvalue weighted by Gasteiger charge is 2.53. The lowest BCUT2D eigenvalue weighted by Gasteiger charge is -2.38. The van der Waals surface area contributed by atoms with Crippen molar-refractivity contribution in [1.82, 2.24) is 0 Å². The van der Waals surface area contributed by atoms with E-state index in [1.807, 2.05) is 0 Å². The molecule has 0 radical (unpaired) electrons. The molecule has 1 atom stereocenters. The zero-order valence-corrected chi connectivity index (χ0v) is 17.5. The summed E-state index contributed by atoms with van der Waals surface area (Å²) in [6.45, 7) is 0. The first-order valence-corrected chi connectivity index (χ1v) is 12.4. The van der Waals surface area contributed by atoms with Crippen LogP contribution in [0.5, 0.6) is 0 Å². The standard InChI is InChI=1S/C28H26P/c1-4-15-24(16-5-1)29(25-17-6-2-7-18-25,26-19-8-3-9-20-26)28-22-12-14-23-13-10-11-21-27(23)28/h1-11,13,15-21,28H,12,14,22H2/q+1. The molecule has 0 spiro atoms. The highest BCUT2D eigenvalue weighted by Crippen LogP contribution is 2.69. The molecule has 0 bridgehead atoms. The van der Waals surface area contributed by atoms with Gasteiger partial charge in [0.25, 0.3) is 0 Å². The summed E-state index contributed by atoms with van der Waals surface area (Å²) in [6, 6.07) is 43.1. The molecule has 1 heteroatoms. The fraction of sp³-hybridized carbons (Fsp3) is 0.143. The van der Waals surface area contributed by atoms with Crippen LogP contribution in [-0.2, 0) is 6.42 Å². The van der Waals surface area contributed by atoms with Crippen molar-refractivity contribution in [2.75, 3.05) is 0 Å². The molecule has 0 heterocycles. The van der Waals surface area contributed by atoms with Crippen LogP contribution >= 0.6 is 7.26 Å². The summed E-state index contributed by atoms with van der Waals surface area (Å²) in [5.41, 5.74) is 3.61. The van der Waals surface area contributed by atoms with Gasteiger partial charge in [0.05, 0.1) is 0 Å². The molecule has 0 saturated heterocycles. The van der Waals surface area contributed by atoms with Crippen molar-refractivity contribution in [2.24, 2.45) is 0 Å². The summed E-state index contributed by atoms with van der Waals surface area (Å²) in [5, 5.41) is 4.46. The first-order chi connectivity index (χ1) is 14.4. The van der Waals surface area contributed by atoms with Crippen LogP contribution in [0.25, 0.3) is 0 Å². The molecule has 0 fully saturated rings.